The number of rotatable bonds is 9. The van der Waals surface area contributed by atoms with Gasteiger partial charge in [-0.25, -0.2) is 0 Å². The highest BCUT2D eigenvalue weighted by Gasteiger charge is 2.63. The molecule has 2 fully saturated rings. The van der Waals surface area contributed by atoms with Gasteiger partial charge in [0.1, 0.15) is 76.1 Å². The predicted molar refractivity (Wildman–Crippen MR) is 295 cm³/mol. The van der Waals surface area contributed by atoms with Gasteiger partial charge in [0.15, 0.2) is 40.6 Å². The third-order valence-corrected chi connectivity index (χ3v) is 18.5. The van der Waals surface area contributed by atoms with Crippen molar-refractivity contribution < 1.29 is 106 Å². The summed E-state index contributed by atoms with van der Waals surface area (Å²) in [5.74, 6) is -16.1. The first-order valence-corrected chi connectivity index (χ1v) is 27.8. The molecule has 1 saturated carbocycles. The van der Waals surface area contributed by atoms with Gasteiger partial charge in [0.25, 0.3) is 0 Å². The van der Waals surface area contributed by atoms with Gasteiger partial charge in [-0.1, -0.05) is 31.2 Å². The summed E-state index contributed by atoms with van der Waals surface area (Å²) in [6, 6.07) is 14.9. The van der Waals surface area contributed by atoms with E-state index in [4.69, 9.17) is 18.9 Å². The lowest BCUT2D eigenvalue weighted by molar-refractivity contribution is -0.539. The molecule has 0 radical (unpaired) electrons. The van der Waals surface area contributed by atoms with Gasteiger partial charge in [0, 0.05) is 75.0 Å². The third kappa shape index (κ3) is 9.32. The number of phenols is 11. The first-order chi connectivity index (χ1) is 40.9. The number of fused-ring (bicyclic) bond motifs is 3. The first kappa shape index (κ1) is 57.5. The number of nitrogens with zero attached hydrogens (tertiary/aromatic N) is 2. The van der Waals surface area contributed by atoms with E-state index in [1.54, 1.807) is 6.92 Å². The number of benzene rings is 6. The van der Waals surface area contributed by atoms with E-state index >= 15 is 0 Å². The standard InChI is InChI=1S/C61H60N2O23/c1-21-33(67)18-40(74)49-52(55(78)59(86-57(21)49)24-2-7-28(62-80)35(69)14-24)48-29(63(81)82)17-39(73)47-27(16-44(84-61(47)48)23-4-9-31(65)37(71)13-23)46-42(76)20-45-51(54(46)77)53(56(79)58(85-45)25-5-10-32(66)38(72)15-25)50-41(75)19-34(68)26-6-11-43(83-60(26)50)22-3-8-30(64)36(70)12-22/h2-5,7-10,12-15,19-21,27,29,33,39-40,43-44,48-49,52-53,55-59,64-79H,6,11,16-18H2,1H3/t21?,27?,29?,33?,39?,40?,43?,44?,48?,49?,52?,53?,55?,56?,57?,58?,59-/m0/s1. The van der Waals surface area contributed by atoms with Gasteiger partial charge in [0.05, 0.1) is 42.4 Å². The normalized spacial score (nSPS) is 31.2. The molecule has 4 heterocycles. The van der Waals surface area contributed by atoms with Crippen LogP contribution in [0, 0.1) is 38.7 Å². The topological polar surface area (TPSA) is 433 Å². The summed E-state index contributed by atoms with van der Waals surface area (Å²) >= 11 is 0. The number of aliphatic hydroxyl groups is 5. The van der Waals surface area contributed by atoms with Crippen LogP contribution < -0.4 is 9.47 Å². The molecule has 17 atom stereocenters. The van der Waals surface area contributed by atoms with E-state index in [9.17, 15) is 96.7 Å². The second-order valence-corrected chi connectivity index (χ2v) is 23.2. The number of aliphatic hydroxyl groups excluding tert-OH is 5. The molecule has 25 nitrogen and oxygen atoms in total. The smallest absolute Gasteiger partial charge is 0.226 e. The number of aromatic hydroxyl groups is 11. The van der Waals surface area contributed by atoms with Crippen molar-refractivity contribution >= 4 is 5.69 Å². The van der Waals surface area contributed by atoms with E-state index in [1.165, 1.54) is 36.4 Å². The van der Waals surface area contributed by atoms with Crippen molar-refractivity contribution in [2.24, 2.45) is 28.8 Å². The summed E-state index contributed by atoms with van der Waals surface area (Å²) in [5.41, 5.74) is -0.899. The zero-order chi connectivity index (χ0) is 61.2. The van der Waals surface area contributed by atoms with Gasteiger partial charge in [-0.15, -0.1) is 4.91 Å². The molecule has 12 rings (SSSR count). The number of phenolic OH excluding ortho intramolecular Hbond substituents is 11. The number of hydrogen-bond acceptors (Lipinski definition) is 24. The summed E-state index contributed by atoms with van der Waals surface area (Å²) in [6.45, 7) is 1.61. The van der Waals surface area contributed by atoms with E-state index in [0.29, 0.717) is 5.56 Å². The Morgan fingerprint density at radius 2 is 1.15 bits per heavy atom. The van der Waals surface area contributed by atoms with Gasteiger partial charge in [-0.05, 0) is 102 Å². The highest BCUT2D eigenvalue weighted by molar-refractivity contribution is 5.69. The van der Waals surface area contributed by atoms with Crippen LogP contribution in [0.2, 0.25) is 0 Å². The van der Waals surface area contributed by atoms with Crippen molar-refractivity contribution in [2.45, 2.75) is 118 Å². The predicted octanol–water partition coefficient (Wildman–Crippen LogP) is 6.56. The molecule has 16 unspecified atom stereocenters. The maximum absolute atomic E-state index is 13.7. The minimum Gasteiger partial charge on any atom is -0.507 e. The molecular weight excluding hydrogens is 1130 g/mol. The summed E-state index contributed by atoms with van der Waals surface area (Å²) in [6.07, 6.45) is -16.1. The monoisotopic (exact) mass is 1190 g/mol. The van der Waals surface area contributed by atoms with Crippen LogP contribution in [0.3, 0.4) is 0 Å². The molecule has 6 aliphatic rings. The fourth-order valence-electron chi connectivity index (χ4n) is 14.4. The second kappa shape index (κ2) is 21.5. The summed E-state index contributed by atoms with van der Waals surface area (Å²) in [5, 5.41) is 202. The number of hydrogen-bond donors (Lipinski definition) is 16. The quantitative estimate of drug-likeness (QED) is 0.0315. The minimum atomic E-state index is -1.94. The van der Waals surface area contributed by atoms with Gasteiger partial charge < -0.3 is 101 Å². The zero-order valence-corrected chi connectivity index (χ0v) is 45.3. The van der Waals surface area contributed by atoms with Crippen LogP contribution in [0.1, 0.15) is 113 Å². The fraction of sp³-hybridized carbons (Fsp3) is 0.377. The fourth-order valence-corrected chi connectivity index (χ4v) is 14.4. The van der Waals surface area contributed by atoms with Crippen LogP contribution >= 0.6 is 0 Å². The molecule has 0 aromatic heterocycles. The van der Waals surface area contributed by atoms with Crippen molar-refractivity contribution in [2.75, 3.05) is 0 Å². The number of ether oxygens (including phenoxy) is 4. The lowest BCUT2D eigenvalue weighted by atomic mass is 9.58. The first-order valence-electron chi connectivity index (χ1n) is 27.8. The van der Waals surface area contributed by atoms with Crippen molar-refractivity contribution in [3.05, 3.63) is 156 Å². The Kier molecular flexibility index (Phi) is 14.4. The maximum Gasteiger partial charge on any atom is 0.226 e. The van der Waals surface area contributed by atoms with E-state index in [2.05, 4.69) is 5.18 Å². The SMILES string of the molecule is CC1C(O)CC(O)C2C1O[C@@H](c1ccc(N=O)c(O)c1)C(O)C2C1C2=C(C(O)CC1[N+](=O)[O-])C(c1c(O)cc3c(c1O)C(c1c(O)cc(O)c4c1OC(c1ccc(O)c(O)c1)CC4)C(O)C(c1ccc(O)c(O)c1)O3)CC(c1ccc(O)c(O)c1)O2. The number of nitroso groups, excluding NO2 is 1. The average molecular weight is 1190 g/mol. The van der Waals surface area contributed by atoms with E-state index in [0.717, 1.165) is 48.5 Å². The van der Waals surface area contributed by atoms with Gasteiger partial charge in [0.2, 0.25) is 6.04 Å². The van der Waals surface area contributed by atoms with E-state index in [-0.39, 0.29) is 81.2 Å². The molecule has 6 aromatic carbocycles. The minimum absolute atomic E-state index is 0.0338. The van der Waals surface area contributed by atoms with Crippen molar-refractivity contribution in [1.29, 1.82) is 0 Å². The zero-order valence-electron chi connectivity index (χ0n) is 45.3. The largest absolute Gasteiger partial charge is 0.507 e. The van der Waals surface area contributed by atoms with Crippen molar-refractivity contribution in [3.63, 3.8) is 0 Å². The molecule has 0 amide bonds. The highest BCUT2D eigenvalue weighted by atomic mass is 16.6. The van der Waals surface area contributed by atoms with Gasteiger partial charge >= 0.3 is 0 Å². The lowest BCUT2D eigenvalue weighted by Gasteiger charge is -2.56. The van der Waals surface area contributed by atoms with Crippen LogP contribution in [0.4, 0.5) is 5.69 Å². The summed E-state index contributed by atoms with van der Waals surface area (Å²) in [4.78, 5) is 24.6. The molecule has 0 spiro atoms. The van der Waals surface area contributed by atoms with Crippen LogP contribution in [-0.4, -0.2) is 129 Å². The van der Waals surface area contributed by atoms with Gasteiger partial charge in [-0.3, -0.25) is 10.1 Å². The summed E-state index contributed by atoms with van der Waals surface area (Å²) in [7, 11) is 0. The van der Waals surface area contributed by atoms with Gasteiger partial charge in [-0.2, -0.15) is 0 Å². The Labute approximate surface area is 487 Å². The molecular formula is C61H60N2O23. The maximum atomic E-state index is 13.7. The molecule has 25 heteroatoms. The molecule has 86 heavy (non-hydrogen) atoms. The second-order valence-electron chi connectivity index (χ2n) is 23.2. The highest BCUT2D eigenvalue weighted by Crippen LogP contribution is 2.63. The van der Waals surface area contributed by atoms with Crippen LogP contribution in [0.15, 0.2) is 101 Å². The van der Waals surface area contributed by atoms with Crippen LogP contribution in [0.5, 0.6) is 74.7 Å². The van der Waals surface area contributed by atoms with Crippen LogP contribution in [0.25, 0.3) is 0 Å². The summed E-state index contributed by atoms with van der Waals surface area (Å²) < 4.78 is 26.4. The molecule has 2 aliphatic carbocycles. The Hall–Kier alpha value is -8.98. The average Bonchev–Trinajstić information content (AvgIpc) is 0.803. The van der Waals surface area contributed by atoms with E-state index < -0.39 is 189 Å². The Balaban J connectivity index is 1.09. The molecule has 452 valence electrons. The van der Waals surface area contributed by atoms with Crippen LogP contribution in [-0.2, 0) is 15.9 Å². The van der Waals surface area contributed by atoms with Crippen molar-refractivity contribution in [1.82, 2.24) is 0 Å². The third-order valence-electron chi connectivity index (χ3n) is 18.5. The Morgan fingerprint density at radius 1 is 0.558 bits per heavy atom. The molecule has 16 N–H and O–H groups in total. The Bertz CT molecular complexity index is 3760. The number of nitro groups is 1. The van der Waals surface area contributed by atoms with E-state index in [1.807, 2.05) is 0 Å². The Morgan fingerprint density at radius 3 is 1.78 bits per heavy atom. The molecule has 4 aliphatic heterocycles. The van der Waals surface area contributed by atoms with Crippen molar-refractivity contribution in [3.8, 4) is 74.7 Å². The molecule has 0 bridgehead atoms. The molecule has 1 saturated heterocycles. The molecule has 6 aromatic rings. The lowest BCUT2D eigenvalue weighted by Crippen LogP contribution is -2.63.